The number of nitrogens with one attached hydrogen (secondary N) is 1. The molecule has 0 saturated heterocycles. The lowest BCUT2D eigenvalue weighted by Crippen LogP contribution is -2.37. The van der Waals surface area contributed by atoms with Gasteiger partial charge in [0.1, 0.15) is 17.4 Å². The van der Waals surface area contributed by atoms with Gasteiger partial charge in [-0.1, -0.05) is 12.1 Å². The molecule has 0 radical (unpaired) electrons. The van der Waals surface area contributed by atoms with E-state index < -0.39 is 23.2 Å². The summed E-state index contributed by atoms with van der Waals surface area (Å²) in [5.74, 6) is -1.92. The van der Waals surface area contributed by atoms with E-state index in [2.05, 4.69) is 4.98 Å². The summed E-state index contributed by atoms with van der Waals surface area (Å²) in [6, 6.07) is 10.4. The molecular weight excluding hydrogens is 406 g/mol. The fraction of sp³-hybridized carbons (Fsp3) is 0.304. The second-order valence-corrected chi connectivity index (χ2v) is 7.91. The molecule has 3 aromatic rings. The van der Waals surface area contributed by atoms with Gasteiger partial charge in [0.25, 0.3) is 0 Å². The van der Waals surface area contributed by atoms with Gasteiger partial charge in [-0.3, -0.25) is 4.57 Å². The Labute approximate surface area is 178 Å². The average molecular weight is 430 g/mol. The van der Waals surface area contributed by atoms with Crippen molar-refractivity contribution < 1.29 is 23.4 Å². The summed E-state index contributed by atoms with van der Waals surface area (Å²) in [7, 11) is 0. The van der Waals surface area contributed by atoms with E-state index in [1.165, 1.54) is 30.5 Å². The maximum atomic E-state index is 13.3. The third kappa shape index (κ3) is 6.04. The van der Waals surface area contributed by atoms with Gasteiger partial charge in [-0.25, -0.2) is 18.4 Å². The van der Waals surface area contributed by atoms with Crippen LogP contribution in [0, 0.1) is 11.6 Å². The lowest BCUT2D eigenvalue weighted by atomic mass is 10.1. The van der Waals surface area contributed by atoms with Crippen molar-refractivity contribution >= 4 is 5.97 Å². The van der Waals surface area contributed by atoms with Crippen LogP contribution in [0.25, 0.3) is 0 Å². The van der Waals surface area contributed by atoms with Crippen molar-refractivity contribution in [2.45, 2.75) is 45.3 Å². The second-order valence-electron chi connectivity index (χ2n) is 7.91. The largest absolute Gasteiger partial charge is 0.478 e. The second kappa shape index (κ2) is 9.16. The summed E-state index contributed by atoms with van der Waals surface area (Å²) < 4.78 is 33.5. The van der Waals surface area contributed by atoms with Crippen molar-refractivity contribution in [3.05, 3.63) is 87.6 Å². The summed E-state index contributed by atoms with van der Waals surface area (Å²) in [6.07, 6.45) is 3.82. The van der Waals surface area contributed by atoms with E-state index in [1.54, 1.807) is 18.3 Å². The molecule has 0 unspecified atom stereocenters. The highest BCUT2D eigenvalue weighted by molar-refractivity contribution is 5.76. The molecule has 0 aliphatic carbocycles. The van der Waals surface area contributed by atoms with Crippen LogP contribution in [-0.4, -0.2) is 26.2 Å². The quantitative estimate of drug-likeness (QED) is 0.539. The van der Waals surface area contributed by atoms with Crippen molar-refractivity contribution in [2.24, 2.45) is 0 Å². The molecule has 1 heterocycles. The lowest BCUT2D eigenvalue weighted by Gasteiger charge is -2.21. The van der Waals surface area contributed by atoms with Crippen LogP contribution in [0.5, 0.6) is 5.75 Å². The molecule has 2 aromatic carbocycles. The molecule has 0 spiro atoms. The van der Waals surface area contributed by atoms with Crippen LogP contribution in [-0.2, 0) is 24.2 Å². The van der Waals surface area contributed by atoms with Crippen molar-refractivity contribution in [1.29, 1.82) is 0 Å². The number of ether oxygens (including phenoxy) is 1. The molecule has 0 amide bonds. The van der Waals surface area contributed by atoms with E-state index in [1.807, 2.05) is 12.1 Å². The number of aromatic amines is 1. The third-order valence-electron chi connectivity index (χ3n) is 4.84. The van der Waals surface area contributed by atoms with Crippen molar-refractivity contribution in [2.75, 3.05) is 0 Å². The Morgan fingerprint density at radius 1 is 1.06 bits per heavy atom. The van der Waals surface area contributed by atoms with E-state index in [-0.39, 0.29) is 12.2 Å². The van der Waals surface area contributed by atoms with Gasteiger partial charge in [0.2, 0.25) is 0 Å². The van der Waals surface area contributed by atoms with Crippen LogP contribution in [0.15, 0.2) is 53.5 Å². The van der Waals surface area contributed by atoms with Gasteiger partial charge >= 0.3 is 11.7 Å². The Morgan fingerprint density at radius 2 is 1.71 bits per heavy atom. The monoisotopic (exact) mass is 430 g/mol. The number of nitrogens with zero attached hydrogens (tertiary/aromatic N) is 1. The standard InChI is InChI=1S/C23H24F2N2O4/c1-23(2,21(28)29)31-20-8-6-15(7-9-20)4-3-5-19-14-27(22(30)26-19)13-16-10-17(24)12-18(25)11-16/h6-12,14H,3-5,13H2,1-2H3,(H,26,30)(H,28,29). The van der Waals surface area contributed by atoms with E-state index >= 15 is 0 Å². The SMILES string of the molecule is CC(C)(Oc1ccc(CCCc2cn(Cc3cc(F)cc(F)c3)c(=O)[nH]2)cc1)C(=O)O. The van der Waals surface area contributed by atoms with E-state index in [0.29, 0.717) is 17.7 Å². The predicted octanol–water partition coefficient (Wildman–Crippen LogP) is 3.92. The van der Waals surface area contributed by atoms with Gasteiger partial charge in [0.05, 0.1) is 6.54 Å². The number of carboxylic acids is 1. The molecule has 2 N–H and O–H groups in total. The van der Waals surface area contributed by atoms with Crippen molar-refractivity contribution in [3.63, 3.8) is 0 Å². The number of H-pyrrole nitrogens is 1. The molecule has 31 heavy (non-hydrogen) atoms. The molecule has 0 aliphatic rings. The van der Waals surface area contributed by atoms with Crippen LogP contribution < -0.4 is 10.4 Å². The number of hydrogen-bond donors (Lipinski definition) is 2. The number of imidazole rings is 1. The number of benzene rings is 2. The number of hydrogen-bond acceptors (Lipinski definition) is 3. The summed E-state index contributed by atoms with van der Waals surface area (Å²) >= 11 is 0. The molecular formula is C23H24F2N2O4. The lowest BCUT2D eigenvalue weighted by molar-refractivity contribution is -0.152. The normalized spacial score (nSPS) is 11.5. The van der Waals surface area contributed by atoms with Gasteiger partial charge in [-0.2, -0.15) is 0 Å². The highest BCUT2D eigenvalue weighted by Crippen LogP contribution is 2.20. The summed E-state index contributed by atoms with van der Waals surface area (Å²) in [4.78, 5) is 26.0. The Morgan fingerprint density at radius 3 is 2.32 bits per heavy atom. The number of aromatic nitrogens is 2. The first-order valence-electron chi connectivity index (χ1n) is 9.87. The van der Waals surface area contributed by atoms with Crippen molar-refractivity contribution in [1.82, 2.24) is 9.55 Å². The predicted molar refractivity (Wildman–Crippen MR) is 111 cm³/mol. The van der Waals surface area contributed by atoms with Crippen molar-refractivity contribution in [3.8, 4) is 5.75 Å². The van der Waals surface area contributed by atoms with Crippen LogP contribution in [0.2, 0.25) is 0 Å². The Balaban J connectivity index is 1.55. The van der Waals surface area contributed by atoms with E-state index in [4.69, 9.17) is 9.84 Å². The molecule has 8 heteroatoms. The van der Waals surface area contributed by atoms with Gasteiger partial charge < -0.3 is 14.8 Å². The van der Waals surface area contributed by atoms with E-state index in [0.717, 1.165) is 30.2 Å². The van der Waals surface area contributed by atoms with Gasteiger partial charge in [-0.05, 0) is 68.5 Å². The first-order chi connectivity index (χ1) is 14.6. The van der Waals surface area contributed by atoms with Crippen LogP contribution in [0.3, 0.4) is 0 Å². The fourth-order valence-corrected chi connectivity index (χ4v) is 3.18. The maximum absolute atomic E-state index is 13.3. The highest BCUT2D eigenvalue weighted by atomic mass is 19.1. The highest BCUT2D eigenvalue weighted by Gasteiger charge is 2.29. The molecule has 0 atom stereocenters. The smallest absolute Gasteiger partial charge is 0.347 e. The van der Waals surface area contributed by atoms with Gasteiger partial charge in [0, 0.05) is 18.0 Å². The summed E-state index contributed by atoms with van der Waals surface area (Å²) in [6.45, 7) is 3.06. The Kier molecular flexibility index (Phi) is 6.58. The molecule has 0 bridgehead atoms. The topological polar surface area (TPSA) is 84.3 Å². The Bertz CT molecular complexity index is 1100. The third-order valence-corrected chi connectivity index (χ3v) is 4.84. The molecule has 6 nitrogen and oxygen atoms in total. The number of aryl methyl sites for hydroxylation is 2. The first-order valence-corrected chi connectivity index (χ1v) is 9.87. The minimum Gasteiger partial charge on any atom is -0.478 e. The van der Waals surface area contributed by atoms with Gasteiger partial charge in [-0.15, -0.1) is 0 Å². The van der Waals surface area contributed by atoms with Gasteiger partial charge in [0.15, 0.2) is 5.60 Å². The first kappa shape index (κ1) is 22.3. The average Bonchev–Trinajstić information content (AvgIpc) is 3.01. The van der Waals surface area contributed by atoms with Crippen LogP contribution in [0.1, 0.15) is 37.1 Å². The molecule has 0 fully saturated rings. The zero-order chi connectivity index (χ0) is 22.6. The number of rotatable bonds is 9. The van der Waals surface area contributed by atoms with Crippen LogP contribution in [0.4, 0.5) is 8.78 Å². The fourth-order valence-electron chi connectivity index (χ4n) is 3.18. The number of carbonyl (C=O) groups is 1. The zero-order valence-corrected chi connectivity index (χ0v) is 17.3. The zero-order valence-electron chi connectivity index (χ0n) is 17.3. The number of carboxylic acid groups (broad SMARTS) is 1. The molecule has 164 valence electrons. The maximum Gasteiger partial charge on any atom is 0.347 e. The summed E-state index contributed by atoms with van der Waals surface area (Å²) in [5.41, 5.74) is 0.529. The molecule has 0 saturated carbocycles. The molecule has 0 aliphatic heterocycles. The minimum atomic E-state index is -1.31. The summed E-state index contributed by atoms with van der Waals surface area (Å²) in [5, 5.41) is 9.12. The number of aliphatic carboxylic acids is 1. The number of halogens is 2. The van der Waals surface area contributed by atoms with Crippen LogP contribution >= 0.6 is 0 Å². The minimum absolute atomic E-state index is 0.0815. The molecule has 3 rings (SSSR count). The van der Waals surface area contributed by atoms with E-state index in [9.17, 15) is 18.4 Å². The molecule has 1 aromatic heterocycles. The Hall–Kier alpha value is -3.42.